The van der Waals surface area contributed by atoms with Crippen LogP contribution in [0.3, 0.4) is 0 Å². The van der Waals surface area contributed by atoms with Crippen LogP contribution in [0.15, 0.2) is 127 Å². The molecule has 2 aliphatic carbocycles. The Morgan fingerprint density at radius 2 is 1.07 bits per heavy atom. The minimum Gasteiger partial charge on any atom is -0.436 e. The number of fused-ring (bicyclic) bond motifs is 4. The van der Waals surface area contributed by atoms with Crippen LogP contribution in [0.4, 0.5) is 29.7 Å². The van der Waals surface area contributed by atoms with Crippen molar-refractivity contribution in [3.8, 4) is 0 Å². The van der Waals surface area contributed by atoms with E-state index in [0.29, 0.717) is 105 Å². The Bertz CT molecular complexity index is 3900. The number of nitrogens with one attached hydrogen (secondary N) is 2. The fraction of sp³-hybridized carbons (Fsp3) is 0.391. The monoisotopic (exact) mass is 1170 g/mol. The molecule has 448 valence electrons. The number of carbonyl (C=O) groups is 4. The minimum absolute atomic E-state index is 0.0193. The summed E-state index contributed by atoms with van der Waals surface area (Å²) in [6, 6.07) is 40.4. The third kappa shape index (κ3) is 10.2. The number of anilines is 2. The van der Waals surface area contributed by atoms with Gasteiger partial charge in [-0.2, -0.15) is 0 Å². The summed E-state index contributed by atoms with van der Waals surface area (Å²) in [4.78, 5) is 78.9. The van der Waals surface area contributed by atoms with Crippen LogP contribution in [0.25, 0.3) is 22.1 Å². The molecule has 0 saturated carbocycles. The first kappa shape index (κ1) is 56.0. The van der Waals surface area contributed by atoms with E-state index in [2.05, 4.69) is 53.0 Å². The second-order valence-corrected chi connectivity index (χ2v) is 25.3. The third-order valence-corrected chi connectivity index (χ3v) is 20.4. The molecule has 4 saturated heterocycles. The standard InChI is InChI=1S/C69H72F2N10O6/c1-39-30-59(46-20-22-53-55(35-46)76-63(74-53)57-18-10-26-79(57)65(82)61(86-67(72)84)47-31-42-14-6-7-15-43(42)32-47)81(50-37-51(70)60(52(71)38-50)78-28-24-41(25-29-78)40-12-4-3-5-13-40)69(39,2)49-21-23-54-56(36-49)77-64(75-54)58-19-11-27-80(58)66(83)62(87-68(73)85)48-33-44-16-8-9-17-45(44)34-48/h3-9,12-17,20-23,35-39,41,47-48,57-59,61-62H,10-11,18-19,24-34H2,1-2H3,(H2,72,84)(H2,73,85)(H,74,76)(H,75,77)/t39?,57?,58?,59?,61-,62-,69+/m0/s1. The van der Waals surface area contributed by atoms with E-state index in [9.17, 15) is 19.2 Å². The number of nitrogens with two attached hydrogens (primary N) is 2. The van der Waals surface area contributed by atoms with E-state index in [-0.39, 0.29) is 41.3 Å². The van der Waals surface area contributed by atoms with Gasteiger partial charge in [0.05, 0.1) is 45.7 Å². The van der Waals surface area contributed by atoms with Crippen LogP contribution in [-0.2, 0) is 50.3 Å². The zero-order valence-corrected chi connectivity index (χ0v) is 49.0. The Morgan fingerprint density at radius 3 is 1.57 bits per heavy atom. The lowest BCUT2D eigenvalue weighted by Gasteiger charge is -2.43. The summed E-state index contributed by atoms with van der Waals surface area (Å²) >= 11 is 0. The number of aromatic nitrogens is 4. The van der Waals surface area contributed by atoms with E-state index in [1.54, 1.807) is 9.80 Å². The molecule has 4 unspecified atom stereocenters. The molecule has 6 heterocycles. The summed E-state index contributed by atoms with van der Waals surface area (Å²) in [5.41, 5.74) is 21.2. The topological polar surface area (TPSA) is 209 Å². The molecule has 0 bridgehead atoms. The maximum Gasteiger partial charge on any atom is 0.405 e. The van der Waals surface area contributed by atoms with Crippen LogP contribution in [0.1, 0.15) is 133 Å². The zero-order valence-electron chi connectivity index (χ0n) is 49.0. The average molecular weight is 1180 g/mol. The van der Waals surface area contributed by atoms with Crippen molar-refractivity contribution >= 4 is 57.4 Å². The summed E-state index contributed by atoms with van der Waals surface area (Å²) in [6.07, 6.45) is 3.20. The molecule has 4 amide bonds. The van der Waals surface area contributed by atoms with E-state index < -0.39 is 53.7 Å². The van der Waals surface area contributed by atoms with Crippen molar-refractivity contribution in [3.63, 3.8) is 0 Å². The number of primary amides is 2. The number of amides is 4. The lowest BCUT2D eigenvalue weighted by atomic mass is 9.81. The minimum atomic E-state index is -1.06. The second kappa shape index (κ2) is 22.5. The molecule has 7 atom stereocenters. The number of aromatic amines is 2. The van der Waals surface area contributed by atoms with Crippen molar-refractivity contribution < 1.29 is 37.4 Å². The van der Waals surface area contributed by atoms with E-state index in [4.69, 9.17) is 30.9 Å². The summed E-state index contributed by atoms with van der Waals surface area (Å²) in [5.74, 6) is -0.899. The number of benzene rings is 6. The molecular weight excluding hydrogens is 1100 g/mol. The Morgan fingerprint density at radius 1 is 0.586 bits per heavy atom. The summed E-state index contributed by atoms with van der Waals surface area (Å²) in [5, 5.41) is 0. The SMILES string of the molecule is CC1CC(c2ccc3nc(C4CCCN4C(=O)[C@@H](OC(N)=O)C4Cc5ccccc5C4)[nH]c3c2)N(c2cc(F)c(N3CCC(c4ccccc4)CC3)c(F)c2)[C@@]1(C)c1ccc2nc(C3CCCN3C(=O)[C@@H](OC(N)=O)C3Cc4ccccc4C3)[nH]c2c1. The lowest BCUT2D eigenvalue weighted by molar-refractivity contribution is -0.144. The van der Waals surface area contributed by atoms with Crippen molar-refractivity contribution in [1.82, 2.24) is 29.7 Å². The molecule has 0 radical (unpaired) electrons. The molecule has 16 nitrogen and oxygen atoms in total. The van der Waals surface area contributed by atoms with Gasteiger partial charge >= 0.3 is 12.2 Å². The Labute approximate surface area is 503 Å². The van der Waals surface area contributed by atoms with Gasteiger partial charge in [-0.15, -0.1) is 0 Å². The predicted molar refractivity (Wildman–Crippen MR) is 326 cm³/mol. The second-order valence-electron chi connectivity index (χ2n) is 25.3. The maximum atomic E-state index is 17.2. The Kier molecular flexibility index (Phi) is 14.5. The molecule has 4 aliphatic heterocycles. The zero-order chi connectivity index (χ0) is 59.8. The highest BCUT2D eigenvalue weighted by Crippen LogP contribution is 2.55. The number of likely N-dealkylation sites (tertiary alicyclic amines) is 2. The molecular formula is C69H72F2N10O6. The number of ether oxygens (including phenoxy) is 2. The summed E-state index contributed by atoms with van der Waals surface area (Å²) < 4.78 is 45.7. The first-order valence-electron chi connectivity index (χ1n) is 30.9. The number of imidazole rings is 2. The molecule has 8 aromatic rings. The highest BCUT2D eigenvalue weighted by atomic mass is 19.1. The van der Waals surface area contributed by atoms with Gasteiger partial charge in [0.15, 0.2) is 23.8 Å². The smallest absolute Gasteiger partial charge is 0.405 e. The van der Waals surface area contributed by atoms with E-state index in [1.807, 2.05) is 95.9 Å². The number of rotatable bonds is 13. The van der Waals surface area contributed by atoms with Gasteiger partial charge in [0.1, 0.15) is 17.3 Å². The highest BCUT2D eigenvalue weighted by Gasteiger charge is 2.51. The van der Waals surface area contributed by atoms with Crippen molar-refractivity contribution in [2.24, 2.45) is 29.2 Å². The summed E-state index contributed by atoms with van der Waals surface area (Å²) in [7, 11) is 0. The Balaban J connectivity index is 0.782. The van der Waals surface area contributed by atoms with Gasteiger partial charge < -0.3 is 50.5 Å². The van der Waals surface area contributed by atoms with Gasteiger partial charge in [-0.3, -0.25) is 9.59 Å². The first-order valence-corrected chi connectivity index (χ1v) is 30.9. The fourth-order valence-electron chi connectivity index (χ4n) is 16.0. The van der Waals surface area contributed by atoms with Crippen LogP contribution in [0, 0.1) is 29.4 Å². The van der Waals surface area contributed by atoms with Crippen molar-refractivity contribution in [2.75, 3.05) is 36.0 Å². The van der Waals surface area contributed by atoms with Gasteiger partial charge in [-0.25, -0.2) is 28.3 Å². The van der Waals surface area contributed by atoms with Crippen molar-refractivity contribution in [1.29, 1.82) is 0 Å². The largest absolute Gasteiger partial charge is 0.436 e. The van der Waals surface area contributed by atoms with Gasteiger partial charge in [-0.1, -0.05) is 97.9 Å². The van der Waals surface area contributed by atoms with Crippen molar-refractivity contribution in [2.45, 2.75) is 126 Å². The number of H-pyrrole nitrogens is 2. The molecule has 2 aromatic heterocycles. The summed E-state index contributed by atoms with van der Waals surface area (Å²) in [6.45, 7) is 6.28. The molecule has 14 rings (SSSR count). The molecule has 18 heteroatoms. The van der Waals surface area contributed by atoms with Crippen molar-refractivity contribution in [3.05, 3.63) is 190 Å². The van der Waals surface area contributed by atoms with E-state index in [1.165, 1.54) is 17.7 Å². The quantitative estimate of drug-likeness (QED) is 0.0858. The molecule has 6 aromatic carbocycles. The van der Waals surface area contributed by atoms with Crippen LogP contribution in [-0.4, -0.2) is 92.1 Å². The number of hydrogen-bond donors (Lipinski definition) is 4. The van der Waals surface area contributed by atoms with E-state index in [0.717, 1.165) is 70.1 Å². The number of carbonyl (C=O) groups excluding carboxylic acids is 4. The number of hydrogen-bond acceptors (Lipinski definition) is 10. The highest BCUT2D eigenvalue weighted by molar-refractivity contribution is 5.86. The molecule has 4 fully saturated rings. The number of nitrogens with zero attached hydrogens (tertiary/aromatic N) is 6. The number of halogens is 2. The maximum absolute atomic E-state index is 17.2. The van der Waals surface area contributed by atoms with Crippen LogP contribution < -0.4 is 21.3 Å². The third-order valence-electron chi connectivity index (χ3n) is 20.4. The fourth-order valence-corrected chi connectivity index (χ4v) is 16.0. The molecule has 0 spiro atoms. The first-order chi connectivity index (χ1) is 42.2. The average Bonchev–Trinajstić information content (AvgIpc) is 2.72. The molecule has 6 aliphatic rings. The van der Waals surface area contributed by atoms with Gasteiger partial charge in [0.25, 0.3) is 11.8 Å². The van der Waals surface area contributed by atoms with Gasteiger partial charge in [0.2, 0.25) is 0 Å². The molecule has 87 heavy (non-hydrogen) atoms. The van der Waals surface area contributed by atoms with Crippen LogP contribution in [0.5, 0.6) is 0 Å². The van der Waals surface area contributed by atoms with E-state index >= 15 is 8.78 Å². The predicted octanol–water partition coefficient (Wildman–Crippen LogP) is 11.7. The van der Waals surface area contributed by atoms with Crippen LogP contribution in [0.2, 0.25) is 0 Å². The van der Waals surface area contributed by atoms with Gasteiger partial charge in [0, 0.05) is 43.7 Å². The van der Waals surface area contributed by atoms with Crippen LogP contribution >= 0.6 is 0 Å². The Hall–Kier alpha value is -8.80. The normalized spacial score (nSPS) is 23.2. The number of piperidine rings is 1. The van der Waals surface area contributed by atoms with Gasteiger partial charge in [-0.05, 0) is 165 Å². The molecule has 6 N–H and O–H groups in total. The lowest BCUT2D eigenvalue weighted by Crippen LogP contribution is -2.46.